The van der Waals surface area contributed by atoms with Crippen LogP contribution in [0.25, 0.3) is 0 Å². The first-order valence-electron chi connectivity index (χ1n) is 3.52. The van der Waals surface area contributed by atoms with E-state index in [0.29, 0.717) is 19.3 Å². The van der Waals surface area contributed by atoms with Crippen LogP contribution in [0.5, 0.6) is 0 Å². The summed E-state index contributed by atoms with van der Waals surface area (Å²) in [6.07, 6.45) is 1.88. The van der Waals surface area contributed by atoms with Crippen molar-refractivity contribution in [3.63, 3.8) is 0 Å². The fourth-order valence-corrected chi connectivity index (χ4v) is 0.696. The van der Waals surface area contributed by atoms with Gasteiger partial charge in [-0.2, -0.15) is 0 Å². The highest BCUT2D eigenvalue weighted by Crippen LogP contribution is 2.01. The van der Waals surface area contributed by atoms with Gasteiger partial charge >= 0.3 is 0 Å². The summed E-state index contributed by atoms with van der Waals surface area (Å²) in [7, 11) is 0. The number of rotatable bonds is 5. The van der Waals surface area contributed by atoms with Gasteiger partial charge in [0.05, 0.1) is 0 Å². The quantitative estimate of drug-likeness (QED) is 0.448. The van der Waals surface area contributed by atoms with Crippen molar-refractivity contribution in [2.45, 2.75) is 32.6 Å². The number of hydrogen-bond donors (Lipinski definition) is 0. The highest BCUT2D eigenvalue weighted by molar-refractivity contribution is 5.77. The molecule has 1 amide bonds. The van der Waals surface area contributed by atoms with Crippen LogP contribution in [0.3, 0.4) is 0 Å². The van der Waals surface area contributed by atoms with E-state index in [9.17, 15) is 14.5 Å². The molecule has 0 saturated carbocycles. The van der Waals surface area contributed by atoms with E-state index in [1.165, 1.54) is 6.92 Å². The zero-order chi connectivity index (χ0) is 8.69. The second-order valence-corrected chi connectivity index (χ2v) is 2.39. The molecule has 0 fully saturated rings. The van der Waals surface area contributed by atoms with Crippen molar-refractivity contribution in [1.82, 2.24) is 0 Å². The van der Waals surface area contributed by atoms with Gasteiger partial charge in [0.15, 0.2) is 0 Å². The maximum Gasteiger partial charge on any atom is 0.286 e. The Morgan fingerprint density at radius 2 is 1.73 bits per heavy atom. The molecule has 0 unspecified atom stereocenters. The maximum atomic E-state index is 10.4. The first kappa shape index (κ1) is 9.94. The molecule has 0 bridgehead atoms. The molecule has 0 radical (unpaired) electrons. The topological polar surface area (TPSA) is 63.6 Å². The van der Waals surface area contributed by atoms with E-state index in [4.69, 9.17) is 0 Å². The molecule has 0 aromatic heterocycles. The van der Waals surface area contributed by atoms with Crippen molar-refractivity contribution in [3.05, 3.63) is 4.91 Å². The normalized spacial score (nSPS) is 9.18. The van der Waals surface area contributed by atoms with E-state index in [1.54, 1.807) is 0 Å². The molecule has 0 rings (SSSR count). The number of hydrogen-bond acceptors (Lipinski definition) is 3. The first-order valence-corrected chi connectivity index (χ1v) is 3.52. The minimum absolute atomic E-state index is 0.108. The Kier molecular flexibility index (Phi) is 5.15. The summed E-state index contributed by atoms with van der Waals surface area (Å²) >= 11 is 0. The molecule has 0 atom stereocenters. The van der Waals surface area contributed by atoms with Crippen molar-refractivity contribution in [2.24, 2.45) is 5.18 Å². The van der Waals surface area contributed by atoms with Crippen LogP contribution in [-0.2, 0) is 9.59 Å². The Bertz CT molecular complexity index is 165. The van der Waals surface area contributed by atoms with Crippen molar-refractivity contribution >= 4 is 11.7 Å². The third kappa shape index (κ3) is 6.83. The number of nitrogens with zero attached hydrogens (tertiary/aromatic N) is 1. The third-order valence-corrected chi connectivity index (χ3v) is 1.27. The predicted molar refractivity (Wildman–Crippen MR) is 40.0 cm³/mol. The van der Waals surface area contributed by atoms with Gasteiger partial charge in [0, 0.05) is 18.0 Å². The van der Waals surface area contributed by atoms with Gasteiger partial charge in [-0.05, 0) is 19.8 Å². The van der Waals surface area contributed by atoms with E-state index < -0.39 is 5.91 Å². The highest BCUT2D eigenvalue weighted by Gasteiger charge is 2.00. The highest BCUT2D eigenvalue weighted by atomic mass is 16.3. The number of Topliss-reactive ketones (excluding diaryl/α,β-unsaturated/α-hetero) is 1. The Labute approximate surface area is 64.9 Å². The summed E-state index contributed by atoms with van der Waals surface area (Å²) in [6, 6.07) is 0. The fourth-order valence-electron chi connectivity index (χ4n) is 0.696. The Hall–Kier alpha value is -1.06. The van der Waals surface area contributed by atoms with Crippen LogP contribution in [0.15, 0.2) is 5.18 Å². The van der Waals surface area contributed by atoms with Crippen LogP contribution in [-0.4, -0.2) is 11.7 Å². The lowest BCUT2D eigenvalue weighted by Gasteiger charge is -1.92. The lowest BCUT2D eigenvalue weighted by atomic mass is 10.1. The van der Waals surface area contributed by atoms with Crippen molar-refractivity contribution < 1.29 is 9.59 Å². The lowest BCUT2D eigenvalue weighted by Crippen LogP contribution is -1.93. The van der Waals surface area contributed by atoms with E-state index in [1.807, 2.05) is 0 Å². The number of carbonyl (C=O) groups excluding carboxylic acids is 2. The summed E-state index contributed by atoms with van der Waals surface area (Å²) in [5, 5.41) is 2.23. The van der Waals surface area contributed by atoms with Gasteiger partial charge in [-0.1, -0.05) is 0 Å². The summed E-state index contributed by atoms with van der Waals surface area (Å²) in [6.45, 7) is 1.50. The summed E-state index contributed by atoms with van der Waals surface area (Å²) in [5.74, 6) is -0.523. The number of amides is 1. The Morgan fingerprint density at radius 1 is 1.18 bits per heavy atom. The van der Waals surface area contributed by atoms with E-state index in [0.717, 1.165) is 0 Å². The predicted octanol–water partition coefficient (Wildman–Crippen LogP) is 1.43. The fraction of sp³-hybridized carbons (Fsp3) is 0.714. The van der Waals surface area contributed by atoms with Crippen LogP contribution in [0.4, 0.5) is 0 Å². The molecule has 4 nitrogen and oxygen atoms in total. The van der Waals surface area contributed by atoms with Crippen LogP contribution >= 0.6 is 0 Å². The SMILES string of the molecule is CC(=O)CCCCC(=O)N=O. The average molecular weight is 157 g/mol. The molecule has 4 heteroatoms. The minimum atomic E-state index is -0.631. The maximum absolute atomic E-state index is 10.4. The van der Waals surface area contributed by atoms with Crippen LogP contribution in [0.1, 0.15) is 32.6 Å². The first-order chi connectivity index (χ1) is 5.16. The largest absolute Gasteiger partial charge is 0.300 e. The number of unbranched alkanes of at least 4 members (excludes halogenated alkanes) is 1. The van der Waals surface area contributed by atoms with Gasteiger partial charge in [0.1, 0.15) is 5.78 Å². The molecule has 0 aliphatic rings. The third-order valence-electron chi connectivity index (χ3n) is 1.27. The number of nitroso groups, excluding NO2 is 1. The van der Waals surface area contributed by atoms with Gasteiger partial charge in [-0.25, -0.2) is 0 Å². The zero-order valence-corrected chi connectivity index (χ0v) is 6.50. The smallest absolute Gasteiger partial charge is 0.286 e. The second kappa shape index (κ2) is 5.70. The van der Waals surface area contributed by atoms with Crippen molar-refractivity contribution in [1.29, 1.82) is 0 Å². The standard InChI is InChI=1S/C7H11NO3/c1-6(9)4-2-3-5-7(10)8-11/h2-5H2,1H3. The molecule has 0 aliphatic carbocycles. The van der Waals surface area contributed by atoms with Gasteiger partial charge in [0.2, 0.25) is 0 Å². The van der Waals surface area contributed by atoms with Crippen molar-refractivity contribution in [2.75, 3.05) is 0 Å². The molecule has 0 spiro atoms. The average Bonchev–Trinajstić information content (AvgIpc) is 1.97. The van der Waals surface area contributed by atoms with E-state index >= 15 is 0 Å². The molecular weight excluding hydrogens is 146 g/mol. The molecule has 0 saturated heterocycles. The summed E-state index contributed by atoms with van der Waals surface area (Å²) in [5.41, 5.74) is 0. The van der Waals surface area contributed by atoms with Crippen LogP contribution < -0.4 is 0 Å². The summed E-state index contributed by atoms with van der Waals surface area (Å²) in [4.78, 5) is 30.2. The summed E-state index contributed by atoms with van der Waals surface area (Å²) < 4.78 is 0. The zero-order valence-electron chi connectivity index (χ0n) is 6.50. The van der Waals surface area contributed by atoms with E-state index in [-0.39, 0.29) is 12.2 Å². The minimum Gasteiger partial charge on any atom is -0.300 e. The molecule has 62 valence electrons. The molecular formula is C7H11NO3. The number of ketones is 1. The van der Waals surface area contributed by atoms with Crippen LogP contribution in [0.2, 0.25) is 0 Å². The van der Waals surface area contributed by atoms with E-state index in [2.05, 4.69) is 5.18 Å². The lowest BCUT2D eigenvalue weighted by molar-refractivity contribution is -0.119. The van der Waals surface area contributed by atoms with Gasteiger partial charge in [-0.3, -0.25) is 4.79 Å². The molecule has 0 aromatic carbocycles. The molecule has 0 heterocycles. The van der Waals surface area contributed by atoms with Gasteiger partial charge < -0.3 is 4.79 Å². The monoisotopic (exact) mass is 157 g/mol. The Balaban J connectivity index is 3.21. The van der Waals surface area contributed by atoms with Gasteiger partial charge in [0.25, 0.3) is 5.91 Å². The molecule has 11 heavy (non-hydrogen) atoms. The van der Waals surface area contributed by atoms with Gasteiger partial charge in [-0.15, -0.1) is 4.91 Å². The second-order valence-electron chi connectivity index (χ2n) is 2.39. The van der Waals surface area contributed by atoms with Crippen molar-refractivity contribution in [3.8, 4) is 0 Å². The molecule has 0 aromatic rings. The van der Waals surface area contributed by atoms with Crippen LogP contribution in [0, 0.1) is 4.91 Å². The molecule has 0 aliphatic heterocycles. The number of carbonyl (C=O) groups is 2. The molecule has 0 N–H and O–H groups in total. The Morgan fingerprint density at radius 3 is 2.18 bits per heavy atom.